The van der Waals surface area contributed by atoms with Crippen LogP contribution >= 0.6 is 0 Å². The monoisotopic (exact) mass is 223 g/mol. The fourth-order valence-corrected chi connectivity index (χ4v) is 1.60. The van der Waals surface area contributed by atoms with Crippen molar-refractivity contribution in [3.8, 4) is 5.75 Å². The summed E-state index contributed by atoms with van der Waals surface area (Å²) in [7, 11) is 0. The van der Waals surface area contributed by atoms with Crippen LogP contribution in [0.15, 0.2) is 12.1 Å². The Labute approximate surface area is 93.1 Å². The average Bonchev–Trinajstić information content (AvgIpc) is 2.98. The summed E-state index contributed by atoms with van der Waals surface area (Å²) in [5.74, 6) is 0.353. The summed E-state index contributed by atoms with van der Waals surface area (Å²) in [6, 6.07) is 3.40. The van der Waals surface area contributed by atoms with Crippen molar-refractivity contribution in [2.24, 2.45) is 0 Å². The van der Waals surface area contributed by atoms with E-state index >= 15 is 0 Å². The minimum atomic E-state index is -0.414. The van der Waals surface area contributed by atoms with Crippen LogP contribution in [0.1, 0.15) is 11.1 Å². The lowest BCUT2D eigenvalue weighted by Crippen LogP contribution is -2.07. The maximum atomic E-state index is 10.9. The van der Waals surface area contributed by atoms with Gasteiger partial charge in [0.05, 0.1) is 11.5 Å². The van der Waals surface area contributed by atoms with Crippen molar-refractivity contribution in [3.05, 3.63) is 33.4 Å². The van der Waals surface area contributed by atoms with Gasteiger partial charge in [-0.25, -0.2) is 0 Å². The van der Waals surface area contributed by atoms with Crippen LogP contribution in [0.2, 0.25) is 0 Å². The Morgan fingerprint density at radius 2 is 2.25 bits per heavy atom. The van der Waals surface area contributed by atoms with Gasteiger partial charge in [0, 0.05) is 6.07 Å². The molecule has 1 unspecified atom stereocenters. The number of hydrogen-bond acceptors (Lipinski definition) is 4. The van der Waals surface area contributed by atoms with Crippen LogP contribution in [0, 0.1) is 24.0 Å². The lowest BCUT2D eigenvalue weighted by molar-refractivity contribution is -0.386. The quantitative estimate of drug-likeness (QED) is 0.445. The predicted octanol–water partition coefficient (Wildman–Crippen LogP) is 1.99. The summed E-state index contributed by atoms with van der Waals surface area (Å²) in [6.07, 6.45) is 0.0975. The van der Waals surface area contributed by atoms with Crippen LogP contribution in [0.5, 0.6) is 5.75 Å². The van der Waals surface area contributed by atoms with Gasteiger partial charge in [0.2, 0.25) is 0 Å². The number of nitrogens with zero attached hydrogens (tertiary/aromatic N) is 1. The maximum Gasteiger partial charge on any atom is 0.311 e. The molecular formula is C11H13NO4. The predicted molar refractivity (Wildman–Crippen MR) is 57.8 cm³/mol. The van der Waals surface area contributed by atoms with Crippen molar-refractivity contribution < 1.29 is 14.4 Å². The molecule has 1 saturated heterocycles. The first kappa shape index (κ1) is 10.9. The van der Waals surface area contributed by atoms with Crippen molar-refractivity contribution in [1.82, 2.24) is 0 Å². The van der Waals surface area contributed by atoms with E-state index in [1.165, 1.54) is 6.07 Å². The molecule has 0 saturated carbocycles. The molecule has 2 rings (SSSR count). The standard InChI is InChI=1S/C11H13NO4/c1-7-3-8(2)11(10(4-7)12(13)14)16-6-9-5-15-9/h3-4,9H,5-6H2,1-2H3. The Hall–Kier alpha value is -1.62. The Bertz CT molecular complexity index is 426. The second kappa shape index (κ2) is 4.09. The van der Waals surface area contributed by atoms with Gasteiger partial charge < -0.3 is 9.47 Å². The van der Waals surface area contributed by atoms with Gasteiger partial charge in [-0.1, -0.05) is 6.07 Å². The van der Waals surface area contributed by atoms with Crippen molar-refractivity contribution in [2.75, 3.05) is 13.2 Å². The first-order valence-electron chi connectivity index (χ1n) is 5.08. The van der Waals surface area contributed by atoms with E-state index < -0.39 is 4.92 Å². The number of epoxide rings is 1. The summed E-state index contributed by atoms with van der Waals surface area (Å²) in [5, 5.41) is 10.9. The van der Waals surface area contributed by atoms with Gasteiger partial charge in [-0.05, 0) is 25.0 Å². The molecule has 5 heteroatoms. The number of aryl methyl sites for hydroxylation is 2. The molecular weight excluding hydrogens is 210 g/mol. The zero-order valence-corrected chi connectivity index (χ0v) is 9.23. The van der Waals surface area contributed by atoms with Gasteiger partial charge in [-0.3, -0.25) is 10.1 Å². The van der Waals surface area contributed by atoms with Crippen LogP contribution in [0.25, 0.3) is 0 Å². The van der Waals surface area contributed by atoms with E-state index in [4.69, 9.17) is 9.47 Å². The van der Waals surface area contributed by atoms with Crippen LogP contribution in [-0.2, 0) is 4.74 Å². The molecule has 1 aromatic rings. The zero-order valence-electron chi connectivity index (χ0n) is 9.23. The first-order chi connectivity index (χ1) is 7.58. The van der Waals surface area contributed by atoms with E-state index in [1.54, 1.807) is 0 Å². The summed E-state index contributed by atoms with van der Waals surface area (Å²) in [6.45, 7) is 4.69. The Morgan fingerprint density at radius 3 is 2.81 bits per heavy atom. The second-order valence-corrected chi connectivity index (χ2v) is 3.95. The fourth-order valence-electron chi connectivity index (χ4n) is 1.60. The molecule has 0 radical (unpaired) electrons. The highest BCUT2D eigenvalue weighted by Crippen LogP contribution is 2.32. The molecule has 0 bridgehead atoms. The Morgan fingerprint density at radius 1 is 1.56 bits per heavy atom. The molecule has 1 aromatic carbocycles. The molecule has 0 amide bonds. The molecule has 5 nitrogen and oxygen atoms in total. The fraction of sp³-hybridized carbons (Fsp3) is 0.455. The van der Waals surface area contributed by atoms with Crippen molar-refractivity contribution in [3.63, 3.8) is 0 Å². The highest BCUT2D eigenvalue weighted by atomic mass is 16.6. The van der Waals surface area contributed by atoms with Crippen LogP contribution in [0.4, 0.5) is 5.69 Å². The van der Waals surface area contributed by atoms with Gasteiger partial charge in [0.15, 0.2) is 5.75 Å². The van der Waals surface area contributed by atoms with Gasteiger partial charge >= 0.3 is 5.69 Å². The molecule has 1 atom stereocenters. The lowest BCUT2D eigenvalue weighted by Gasteiger charge is -2.09. The topological polar surface area (TPSA) is 64.9 Å². The summed E-state index contributed by atoms with van der Waals surface area (Å²) < 4.78 is 10.4. The third-order valence-corrected chi connectivity index (χ3v) is 2.41. The third kappa shape index (κ3) is 2.30. The minimum absolute atomic E-state index is 0.0261. The molecule has 86 valence electrons. The molecule has 1 aliphatic heterocycles. The molecule has 1 heterocycles. The van der Waals surface area contributed by atoms with Gasteiger partial charge in [-0.15, -0.1) is 0 Å². The van der Waals surface area contributed by atoms with Gasteiger partial charge in [0.1, 0.15) is 12.7 Å². The van der Waals surface area contributed by atoms with Gasteiger partial charge in [-0.2, -0.15) is 0 Å². The maximum absolute atomic E-state index is 10.9. The third-order valence-electron chi connectivity index (χ3n) is 2.41. The SMILES string of the molecule is Cc1cc(C)c(OCC2CO2)c([N+](=O)[O-])c1. The van der Waals surface area contributed by atoms with Crippen molar-refractivity contribution >= 4 is 5.69 Å². The average molecular weight is 223 g/mol. The molecule has 0 N–H and O–H groups in total. The largest absolute Gasteiger partial charge is 0.484 e. The molecule has 0 spiro atoms. The van der Waals surface area contributed by atoms with Crippen molar-refractivity contribution in [2.45, 2.75) is 20.0 Å². The van der Waals surface area contributed by atoms with Gasteiger partial charge in [0.25, 0.3) is 0 Å². The van der Waals surface area contributed by atoms with E-state index in [0.29, 0.717) is 19.0 Å². The smallest absolute Gasteiger partial charge is 0.311 e. The summed E-state index contributed by atoms with van der Waals surface area (Å²) in [4.78, 5) is 10.5. The molecule has 1 aliphatic rings. The first-order valence-corrected chi connectivity index (χ1v) is 5.08. The highest BCUT2D eigenvalue weighted by molar-refractivity contribution is 5.53. The van der Waals surface area contributed by atoms with E-state index in [9.17, 15) is 10.1 Å². The molecule has 0 aromatic heterocycles. The van der Waals surface area contributed by atoms with E-state index in [2.05, 4.69) is 0 Å². The van der Waals surface area contributed by atoms with Crippen LogP contribution in [0.3, 0.4) is 0 Å². The number of nitro benzene ring substituents is 1. The van der Waals surface area contributed by atoms with Crippen LogP contribution < -0.4 is 4.74 Å². The van der Waals surface area contributed by atoms with E-state index in [0.717, 1.165) is 11.1 Å². The number of nitro groups is 1. The number of hydrogen-bond donors (Lipinski definition) is 0. The van der Waals surface area contributed by atoms with Crippen LogP contribution in [-0.4, -0.2) is 24.2 Å². The highest BCUT2D eigenvalue weighted by Gasteiger charge is 2.26. The zero-order chi connectivity index (χ0) is 11.7. The van der Waals surface area contributed by atoms with Crippen molar-refractivity contribution in [1.29, 1.82) is 0 Å². The summed E-state index contributed by atoms with van der Waals surface area (Å²) >= 11 is 0. The molecule has 16 heavy (non-hydrogen) atoms. The normalized spacial score (nSPS) is 18.2. The Kier molecular flexibility index (Phi) is 2.78. The summed E-state index contributed by atoms with van der Waals surface area (Å²) in [5.41, 5.74) is 1.67. The second-order valence-electron chi connectivity index (χ2n) is 3.95. The lowest BCUT2D eigenvalue weighted by atomic mass is 10.1. The van der Waals surface area contributed by atoms with E-state index in [1.807, 2.05) is 19.9 Å². The molecule has 0 aliphatic carbocycles. The Balaban J connectivity index is 2.27. The number of ether oxygens (including phenoxy) is 2. The number of benzene rings is 1. The molecule has 1 fully saturated rings. The minimum Gasteiger partial charge on any atom is -0.484 e. The van der Waals surface area contributed by atoms with E-state index in [-0.39, 0.29) is 11.8 Å². The number of rotatable bonds is 4.